The van der Waals surface area contributed by atoms with Gasteiger partial charge in [0, 0.05) is 35.8 Å². The van der Waals surface area contributed by atoms with Crippen LogP contribution >= 0.6 is 11.8 Å². The van der Waals surface area contributed by atoms with Gasteiger partial charge in [0.2, 0.25) is 0 Å². The average Bonchev–Trinajstić information content (AvgIpc) is 2.76. The minimum absolute atomic E-state index is 0.782. The zero-order valence-corrected chi connectivity index (χ0v) is 11.2. The average molecular weight is 248 g/mol. The van der Waals surface area contributed by atoms with Crippen molar-refractivity contribution in [1.29, 1.82) is 0 Å². The van der Waals surface area contributed by atoms with Crippen molar-refractivity contribution in [2.45, 2.75) is 37.6 Å². The van der Waals surface area contributed by atoms with Crippen molar-refractivity contribution in [2.75, 3.05) is 18.0 Å². The lowest BCUT2D eigenvalue weighted by molar-refractivity contribution is 0.191. The molecular weight excluding hydrogens is 228 g/mol. The van der Waals surface area contributed by atoms with E-state index < -0.39 is 0 Å². The molecule has 1 aromatic carbocycles. The number of rotatable bonds is 1. The highest BCUT2D eigenvalue weighted by atomic mass is 32.2. The van der Waals surface area contributed by atoms with E-state index in [-0.39, 0.29) is 0 Å². The summed E-state index contributed by atoms with van der Waals surface area (Å²) in [6.45, 7) is 4.62. The minimum atomic E-state index is 0.782. The van der Waals surface area contributed by atoms with Crippen molar-refractivity contribution < 1.29 is 0 Å². The van der Waals surface area contributed by atoms with Crippen molar-refractivity contribution in [3.8, 4) is 0 Å². The molecule has 2 aliphatic heterocycles. The fraction of sp³-hybridized carbons (Fsp3) is 0.571. The van der Waals surface area contributed by atoms with E-state index in [4.69, 9.17) is 5.73 Å². The fourth-order valence-electron chi connectivity index (χ4n) is 3.02. The van der Waals surface area contributed by atoms with E-state index in [2.05, 4.69) is 35.7 Å². The Hall–Kier alpha value is -0.670. The lowest BCUT2D eigenvalue weighted by Crippen LogP contribution is -2.39. The van der Waals surface area contributed by atoms with Crippen LogP contribution in [0.3, 0.4) is 0 Å². The molecule has 2 unspecified atom stereocenters. The Bertz CT molecular complexity index is 419. The molecular formula is C14H20N2S. The second kappa shape index (κ2) is 4.54. The van der Waals surface area contributed by atoms with E-state index in [0.29, 0.717) is 0 Å². The van der Waals surface area contributed by atoms with E-state index in [1.807, 2.05) is 6.07 Å². The van der Waals surface area contributed by atoms with Crippen molar-refractivity contribution in [3.05, 3.63) is 29.3 Å². The molecule has 1 aromatic rings. The molecule has 92 valence electrons. The maximum atomic E-state index is 6.04. The summed E-state index contributed by atoms with van der Waals surface area (Å²) < 4.78 is 0. The van der Waals surface area contributed by atoms with E-state index in [1.54, 1.807) is 0 Å². The molecule has 0 spiro atoms. The number of nitrogen functional groups attached to an aromatic ring is 1. The standard InChI is InChI=1S/C14H20N2S/c1-10-7-12(9-17-10)16-6-5-13-11(8-16)3-2-4-14(13)15/h2-4,10,12H,5-9,15H2,1H3. The summed E-state index contributed by atoms with van der Waals surface area (Å²) in [5.74, 6) is 1.30. The normalized spacial score (nSPS) is 29.2. The molecule has 2 atom stereocenters. The number of anilines is 1. The topological polar surface area (TPSA) is 29.3 Å². The first-order valence-electron chi connectivity index (χ1n) is 6.46. The Balaban J connectivity index is 1.77. The van der Waals surface area contributed by atoms with Gasteiger partial charge in [0.05, 0.1) is 0 Å². The molecule has 1 fully saturated rings. The van der Waals surface area contributed by atoms with Crippen LogP contribution in [0.5, 0.6) is 0 Å². The Morgan fingerprint density at radius 1 is 1.41 bits per heavy atom. The zero-order valence-electron chi connectivity index (χ0n) is 10.4. The molecule has 2 nitrogen and oxygen atoms in total. The maximum Gasteiger partial charge on any atom is 0.0350 e. The van der Waals surface area contributed by atoms with Crippen molar-refractivity contribution in [2.24, 2.45) is 0 Å². The van der Waals surface area contributed by atoms with Crippen molar-refractivity contribution in [3.63, 3.8) is 0 Å². The first-order chi connectivity index (χ1) is 8.24. The number of nitrogens with zero attached hydrogens (tertiary/aromatic N) is 1. The fourth-order valence-corrected chi connectivity index (χ4v) is 4.28. The van der Waals surface area contributed by atoms with Gasteiger partial charge in [-0.3, -0.25) is 4.90 Å². The summed E-state index contributed by atoms with van der Waals surface area (Å²) >= 11 is 2.12. The monoisotopic (exact) mass is 248 g/mol. The Labute approximate surface area is 108 Å². The van der Waals surface area contributed by atoms with Gasteiger partial charge in [-0.1, -0.05) is 19.1 Å². The number of hydrogen-bond acceptors (Lipinski definition) is 3. The lowest BCUT2D eigenvalue weighted by atomic mass is 9.96. The minimum Gasteiger partial charge on any atom is -0.398 e. The van der Waals surface area contributed by atoms with Crippen LogP contribution in [-0.4, -0.2) is 28.5 Å². The van der Waals surface area contributed by atoms with Gasteiger partial charge in [0.25, 0.3) is 0 Å². The molecule has 0 bridgehead atoms. The van der Waals surface area contributed by atoms with E-state index in [1.165, 1.54) is 29.8 Å². The van der Waals surface area contributed by atoms with Crippen molar-refractivity contribution in [1.82, 2.24) is 4.90 Å². The van der Waals surface area contributed by atoms with Gasteiger partial charge < -0.3 is 5.73 Å². The summed E-state index contributed by atoms with van der Waals surface area (Å²) in [5, 5.41) is 0.835. The van der Waals surface area contributed by atoms with Crippen LogP contribution in [0.25, 0.3) is 0 Å². The molecule has 17 heavy (non-hydrogen) atoms. The molecule has 0 saturated carbocycles. The maximum absolute atomic E-state index is 6.04. The van der Waals surface area contributed by atoms with E-state index >= 15 is 0 Å². The van der Waals surface area contributed by atoms with Crippen LogP contribution < -0.4 is 5.73 Å². The first-order valence-corrected chi connectivity index (χ1v) is 7.51. The number of nitrogens with two attached hydrogens (primary N) is 1. The summed E-state index contributed by atoms with van der Waals surface area (Å²) in [6, 6.07) is 7.14. The highest BCUT2D eigenvalue weighted by Gasteiger charge is 2.29. The quantitative estimate of drug-likeness (QED) is 0.774. The van der Waals surface area contributed by atoms with Gasteiger partial charge in [-0.05, 0) is 30.0 Å². The highest BCUT2D eigenvalue weighted by Crippen LogP contribution is 2.33. The number of benzene rings is 1. The summed E-state index contributed by atoms with van der Waals surface area (Å²) in [5.41, 5.74) is 9.86. The highest BCUT2D eigenvalue weighted by molar-refractivity contribution is 8.00. The zero-order chi connectivity index (χ0) is 11.8. The Kier molecular flexibility index (Phi) is 3.05. The van der Waals surface area contributed by atoms with Gasteiger partial charge in [-0.2, -0.15) is 11.8 Å². The molecule has 0 aromatic heterocycles. The van der Waals surface area contributed by atoms with Crippen molar-refractivity contribution >= 4 is 17.4 Å². The Morgan fingerprint density at radius 3 is 3.06 bits per heavy atom. The molecule has 2 heterocycles. The molecule has 2 aliphatic rings. The molecule has 3 heteroatoms. The molecule has 2 N–H and O–H groups in total. The smallest absolute Gasteiger partial charge is 0.0350 e. The van der Waals surface area contributed by atoms with Crippen LogP contribution in [0.2, 0.25) is 0 Å². The summed E-state index contributed by atoms with van der Waals surface area (Å²) in [7, 11) is 0. The second-order valence-electron chi connectivity index (χ2n) is 5.24. The first kappa shape index (κ1) is 11.4. The predicted octanol–water partition coefficient (Wildman–Crippen LogP) is 2.52. The predicted molar refractivity (Wildman–Crippen MR) is 75.3 cm³/mol. The molecule has 3 rings (SSSR count). The van der Waals surface area contributed by atoms with Gasteiger partial charge >= 0.3 is 0 Å². The van der Waals surface area contributed by atoms with Crippen LogP contribution in [0.1, 0.15) is 24.5 Å². The van der Waals surface area contributed by atoms with Crippen LogP contribution in [-0.2, 0) is 13.0 Å². The number of fused-ring (bicyclic) bond motifs is 1. The van der Waals surface area contributed by atoms with E-state index in [0.717, 1.165) is 29.9 Å². The van der Waals surface area contributed by atoms with Crippen LogP contribution in [0.4, 0.5) is 5.69 Å². The van der Waals surface area contributed by atoms with E-state index in [9.17, 15) is 0 Å². The summed E-state index contributed by atoms with van der Waals surface area (Å²) in [6.07, 6.45) is 2.47. The van der Waals surface area contributed by atoms with Gasteiger partial charge in [0.1, 0.15) is 0 Å². The number of thioether (sulfide) groups is 1. The lowest BCUT2D eigenvalue weighted by Gasteiger charge is -2.33. The van der Waals surface area contributed by atoms with Gasteiger partial charge in [0.15, 0.2) is 0 Å². The molecule has 0 amide bonds. The van der Waals surface area contributed by atoms with Gasteiger partial charge in [-0.15, -0.1) is 0 Å². The van der Waals surface area contributed by atoms with Crippen LogP contribution in [0, 0.1) is 0 Å². The second-order valence-corrected chi connectivity index (χ2v) is 6.71. The molecule has 0 aliphatic carbocycles. The molecule has 1 saturated heterocycles. The van der Waals surface area contributed by atoms with Gasteiger partial charge in [-0.25, -0.2) is 0 Å². The Morgan fingerprint density at radius 2 is 2.29 bits per heavy atom. The third-order valence-corrected chi connectivity index (χ3v) is 5.36. The largest absolute Gasteiger partial charge is 0.398 e. The van der Waals surface area contributed by atoms with Crippen LogP contribution in [0.15, 0.2) is 18.2 Å². The number of hydrogen-bond donors (Lipinski definition) is 1. The third-order valence-electron chi connectivity index (χ3n) is 4.03. The summed E-state index contributed by atoms with van der Waals surface area (Å²) in [4.78, 5) is 2.65. The third kappa shape index (κ3) is 2.18. The SMILES string of the molecule is CC1CC(N2CCc3c(N)cccc3C2)CS1. The molecule has 0 radical (unpaired) electrons.